The first kappa shape index (κ1) is 12.5. The molecular formula is C13H18BrNS. The molecule has 1 fully saturated rings. The first-order chi connectivity index (χ1) is 7.86. The topological polar surface area (TPSA) is 12.0 Å². The molecule has 0 bridgehead atoms. The minimum absolute atomic E-state index is 0.878. The van der Waals surface area contributed by atoms with Gasteiger partial charge in [0.2, 0.25) is 0 Å². The van der Waals surface area contributed by atoms with Crippen LogP contribution in [0.3, 0.4) is 0 Å². The van der Waals surface area contributed by atoms with Crippen molar-refractivity contribution in [3.8, 4) is 0 Å². The Hall–Kier alpha value is 0.01000. The van der Waals surface area contributed by atoms with Gasteiger partial charge in [-0.25, -0.2) is 0 Å². The van der Waals surface area contributed by atoms with E-state index in [0.29, 0.717) is 0 Å². The molecule has 1 saturated heterocycles. The Kier molecular flexibility index (Phi) is 5.20. The Balaban J connectivity index is 1.73. The molecule has 0 unspecified atom stereocenters. The molecule has 0 aromatic heterocycles. The number of piperidine rings is 1. The van der Waals surface area contributed by atoms with Gasteiger partial charge < -0.3 is 5.32 Å². The van der Waals surface area contributed by atoms with Gasteiger partial charge in [0.1, 0.15) is 0 Å². The standard InChI is InChI=1S/C13H18BrNS/c14-13-4-2-1-3-11(13)7-10-16-12-5-8-15-9-6-12/h1-4,12,15H,5-10H2. The van der Waals surface area contributed by atoms with Crippen LogP contribution in [0.25, 0.3) is 0 Å². The third-order valence-corrected chi connectivity index (χ3v) is 5.13. The molecule has 0 atom stereocenters. The van der Waals surface area contributed by atoms with E-state index in [1.807, 2.05) is 0 Å². The molecule has 0 amide bonds. The molecule has 0 spiro atoms. The van der Waals surface area contributed by atoms with Gasteiger partial charge in [-0.15, -0.1) is 0 Å². The number of hydrogen-bond acceptors (Lipinski definition) is 2. The third kappa shape index (κ3) is 3.79. The van der Waals surface area contributed by atoms with Crippen LogP contribution in [-0.4, -0.2) is 24.1 Å². The Morgan fingerprint density at radius 2 is 2.00 bits per heavy atom. The highest BCUT2D eigenvalue weighted by molar-refractivity contribution is 9.10. The van der Waals surface area contributed by atoms with Crippen LogP contribution in [0, 0.1) is 0 Å². The summed E-state index contributed by atoms with van der Waals surface area (Å²) >= 11 is 5.74. The van der Waals surface area contributed by atoms with Crippen LogP contribution < -0.4 is 5.32 Å². The largest absolute Gasteiger partial charge is 0.317 e. The van der Waals surface area contributed by atoms with Crippen molar-refractivity contribution in [1.82, 2.24) is 5.32 Å². The van der Waals surface area contributed by atoms with Crippen LogP contribution in [0.4, 0.5) is 0 Å². The predicted molar refractivity (Wildman–Crippen MR) is 76.2 cm³/mol. The third-order valence-electron chi connectivity index (χ3n) is 2.97. The van der Waals surface area contributed by atoms with E-state index in [0.717, 1.165) is 5.25 Å². The molecule has 1 aromatic carbocycles. The van der Waals surface area contributed by atoms with Crippen molar-refractivity contribution < 1.29 is 0 Å². The SMILES string of the molecule is Brc1ccccc1CCSC1CCNCC1. The average Bonchev–Trinajstić information content (AvgIpc) is 2.33. The highest BCUT2D eigenvalue weighted by Crippen LogP contribution is 2.23. The second-order valence-electron chi connectivity index (χ2n) is 4.16. The summed E-state index contributed by atoms with van der Waals surface area (Å²) in [5.41, 5.74) is 1.43. The van der Waals surface area contributed by atoms with E-state index in [2.05, 4.69) is 57.3 Å². The number of hydrogen-bond donors (Lipinski definition) is 1. The van der Waals surface area contributed by atoms with Crippen molar-refractivity contribution >= 4 is 27.7 Å². The highest BCUT2D eigenvalue weighted by atomic mass is 79.9. The van der Waals surface area contributed by atoms with Crippen LogP contribution in [0.15, 0.2) is 28.7 Å². The summed E-state index contributed by atoms with van der Waals surface area (Å²) in [5.74, 6) is 1.24. The lowest BCUT2D eigenvalue weighted by molar-refractivity contribution is 0.531. The van der Waals surface area contributed by atoms with Gasteiger partial charge in [0.15, 0.2) is 0 Å². The quantitative estimate of drug-likeness (QED) is 0.913. The fourth-order valence-electron chi connectivity index (χ4n) is 2.00. The fourth-order valence-corrected chi connectivity index (χ4v) is 3.72. The predicted octanol–water partition coefficient (Wildman–Crippen LogP) is 3.48. The molecule has 1 aromatic rings. The lowest BCUT2D eigenvalue weighted by Crippen LogP contribution is -2.29. The van der Waals surface area contributed by atoms with Gasteiger partial charge in [-0.1, -0.05) is 34.1 Å². The molecule has 3 heteroatoms. The van der Waals surface area contributed by atoms with Crippen LogP contribution in [0.2, 0.25) is 0 Å². The number of thioether (sulfide) groups is 1. The molecule has 0 radical (unpaired) electrons. The van der Waals surface area contributed by atoms with Crippen molar-refractivity contribution in [2.24, 2.45) is 0 Å². The maximum absolute atomic E-state index is 3.60. The molecule has 88 valence electrons. The summed E-state index contributed by atoms with van der Waals surface area (Å²) in [5, 5.41) is 4.29. The van der Waals surface area contributed by atoms with Gasteiger partial charge in [0.05, 0.1) is 0 Å². The zero-order valence-corrected chi connectivity index (χ0v) is 11.8. The Morgan fingerprint density at radius 1 is 1.25 bits per heavy atom. The summed E-state index contributed by atoms with van der Waals surface area (Å²) in [7, 11) is 0. The summed E-state index contributed by atoms with van der Waals surface area (Å²) in [6.45, 7) is 2.40. The molecule has 0 saturated carbocycles. The summed E-state index contributed by atoms with van der Waals surface area (Å²) in [6, 6.07) is 8.54. The Bertz CT molecular complexity index is 323. The minimum Gasteiger partial charge on any atom is -0.317 e. The molecule has 1 aliphatic rings. The molecule has 2 rings (SSSR count). The van der Waals surface area contributed by atoms with Crippen molar-refractivity contribution in [2.45, 2.75) is 24.5 Å². The molecule has 0 aliphatic carbocycles. The van der Waals surface area contributed by atoms with E-state index in [9.17, 15) is 0 Å². The number of nitrogens with one attached hydrogen (secondary N) is 1. The van der Waals surface area contributed by atoms with Gasteiger partial charge in [0, 0.05) is 9.72 Å². The first-order valence-electron chi connectivity index (χ1n) is 5.92. The lowest BCUT2D eigenvalue weighted by atomic mass is 10.2. The summed E-state index contributed by atoms with van der Waals surface area (Å²) < 4.78 is 1.25. The van der Waals surface area contributed by atoms with Gasteiger partial charge in [-0.05, 0) is 49.7 Å². The molecule has 1 nitrogen and oxygen atoms in total. The zero-order chi connectivity index (χ0) is 11.2. The number of rotatable bonds is 4. The van der Waals surface area contributed by atoms with Crippen molar-refractivity contribution in [3.05, 3.63) is 34.3 Å². The van der Waals surface area contributed by atoms with E-state index in [-0.39, 0.29) is 0 Å². The maximum atomic E-state index is 3.60. The molecule has 1 N–H and O–H groups in total. The molecular weight excluding hydrogens is 282 g/mol. The Labute approximate surface area is 111 Å². The second kappa shape index (κ2) is 6.67. The zero-order valence-electron chi connectivity index (χ0n) is 9.42. The molecule has 16 heavy (non-hydrogen) atoms. The van der Waals surface area contributed by atoms with Crippen LogP contribution >= 0.6 is 27.7 Å². The van der Waals surface area contributed by atoms with Crippen LogP contribution in [0.1, 0.15) is 18.4 Å². The van der Waals surface area contributed by atoms with Gasteiger partial charge in [-0.2, -0.15) is 11.8 Å². The van der Waals surface area contributed by atoms with E-state index < -0.39 is 0 Å². The number of benzene rings is 1. The second-order valence-corrected chi connectivity index (χ2v) is 6.42. The number of halogens is 1. The van der Waals surface area contributed by atoms with E-state index in [1.165, 1.54) is 48.1 Å². The molecule has 1 aliphatic heterocycles. The van der Waals surface area contributed by atoms with E-state index >= 15 is 0 Å². The Morgan fingerprint density at radius 3 is 2.75 bits per heavy atom. The van der Waals surface area contributed by atoms with Gasteiger partial charge in [-0.3, -0.25) is 0 Å². The van der Waals surface area contributed by atoms with E-state index in [1.54, 1.807) is 0 Å². The minimum atomic E-state index is 0.878. The van der Waals surface area contributed by atoms with Gasteiger partial charge in [0.25, 0.3) is 0 Å². The first-order valence-corrected chi connectivity index (χ1v) is 7.76. The van der Waals surface area contributed by atoms with Gasteiger partial charge >= 0.3 is 0 Å². The van der Waals surface area contributed by atoms with E-state index in [4.69, 9.17) is 0 Å². The maximum Gasteiger partial charge on any atom is 0.0207 e. The molecule has 1 heterocycles. The average molecular weight is 300 g/mol. The summed E-state index contributed by atoms with van der Waals surface area (Å²) in [6.07, 6.45) is 3.84. The van der Waals surface area contributed by atoms with Crippen LogP contribution in [0.5, 0.6) is 0 Å². The van der Waals surface area contributed by atoms with Crippen molar-refractivity contribution in [2.75, 3.05) is 18.8 Å². The van der Waals surface area contributed by atoms with Crippen LogP contribution in [-0.2, 0) is 6.42 Å². The van der Waals surface area contributed by atoms with Crippen molar-refractivity contribution in [1.29, 1.82) is 0 Å². The summed E-state index contributed by atoms with van der Waals surface area (Å²) in [4.78, 5) is 0. The lowest BCUT2D eigenvalue weighted by Gasteiger charge is -2.22. The smallest absolute Gasteiger partial charge is 0.0207 e. The monoisotopic (exact) mass is 299 g/mol. The highest BCUT2D eigenvalue weighted by Gasteiger charge is 2.12. The van der Waals surface area contributed by atoms with Crippen molar-refractivity contribution in [3.63, 3.8) is 0 Å². The normalized spacial score (nSPS) is 17.6. The number of aryl methyl sites for hydroxylation is 1. The fraction of sp³-hybridized carbons (Fsp3) is 0.538.